The molecule has 0 aliphatic carbocycles. The molecule has 0 saturated carbocycles. The second-order valence-electron chi connectivity index (χ2n) is 4.63. The van der Waals surface area contributed by atoms with Gasteiger partial charge in [-0.2, -0.15) is 5.26 Å². The monoisotopic (exact) mass is 289 g/mol. The molecule has 3 aromatic rings. The maximum absolute atomic E-state index is 12.1. The summed E-state index contributed by atoms with van der Waals surface area (Å²) in [6.07, 6.45) is 0. The molecule has 5 nitrogen and oxygen atoms in total. The van der Waals surface area contributed by atoms with Gasteiger partial charge in [0.1, 0.15) is 17.4 Å². The molecule has 1 heterocycles. The molecule has 0 aliphatic rings. The van der Waals surface area contributed by atoms with Crippen LogP contribution in [0.1, 0.15) is 11.4 Å². The molecule has 0 aliphatic heterocycles. The third-order valence-corrected chi connectivity index (χ3v) is 3.25. The second-order valence-corrected chi connectivity index (χ2v) is 4.63. The van der Waals surface area contributed by atoms with Crippen molar-refractivity contribution in [2.24, 2.45) is 0 Å². The van der Waals surface area contributed by atoms with Crippen LogP contribution in [0, 0.1) is 11.3 Å². The first-order valence-corrected chi connectivity index (χ1v) is 6.59. The number of para-hydroxylation sites is 1. The zero-order chi connectivity index (χ0) is 15.5. The van der Waals surface area contributed by atoms with Gasteiger partial charge in [-0.1, -0.05) is 42.5 Å². The van der Waals surface area contributed by atoms with Crippen LogP contribution in [-0.4, -0.2) is 15.1 Å². The van der Waals surface area contributed by atoms with Crippen molar-refractivity contribution in [1.29, 1.82) is 5.26 Å². The number of nitrogens with one attached hydrogen (secondary N) is 1. The second kappa shape index (κ2) is 5.54. The summed E-state index contributed by atoms with van der Waals surface area (Å²) in [5, 5.41) is 20.1. The first-order chi connectivity index (χ1) is 10.7. The lowest BCUT2D eigenvalue weighted by atomic mass is 10.1. The highest BCUT2D eigenvalue weighted by Gasteiger charge is 2.14. The smallest absolute Gasteiger partial charge is 0.259 e. The van der Waals surface area contributed by atoms with Crippen molar-refractivity contribution in [3.63, 3.8) is 0 Å². The SMILES string of the molecule is N#C/C(=C(/O)c1ccccc1)c1nc2ccccc2c(=O)[nH]1. The molecule has 0 atom stereocenters. The summed E-state index contributed by atoms with van der Waals surface area (Å²) in [5.74, 6) is -0.172. The van der Waals surface area contributed by atoms with E-state index >= 15 is 0 Å². The Bertz CT molecular complexity index is 966. The van der Waals surface area contributed by atoms with Crippen LogP contribution in [0.25, 0.3) is 22.2 Å². The Morgan fingerprint density at radius 3 is 2.50 bits per heavy atom. The number of benzene rings is 2. The lowest BCUT2D eigenvalue weighted by Crippen LogP contribution is -2.11. The molecule has 0 saturated heterocycles. The van der Waals surface area contributed by atoms with Gasteiger partial charge in [0, 0.05) is 5.56 Å². The minimum absolute atomic E-state index is 0.0487. The number of allylic oxidation sites excluding steroid dienone is 1. The normalized spacial score (nSPS) is 11.8. The van der Waals surface area contributed by atoms with Crippen molar-refractivity contribution in [3.8, 4) is 6.07 Å². The molecule has 0 amide bonds. The van der Waals surface area contributed by atoms with E-state index in [-0.39, 0.29) is 22.7 Å². The van der Waals surface area contributed by atoms with Crippen LogP contribution in [0.15, 0.2) is 59.4 Å². The quantitative estimate of drug-likeness (QED) is 0.560. The summed E-state index contributed by atoms with van der Waals surface area (Å²) < 4.78 is 0. The highest BCUT2D eigenvalue weighted by Crippen LogP contribution is 2.21. The lowest BCUT2D eigenvalue weighted by molar-refractivity contribution is 0.514. The van der Waals surface area contributed by atoms with Crippen molar-refractivity contribution in [1.82, 2.24) is 9.97 Å². The first-order valence-electron chi connectivity index (χ1n) is 6.59. The van der Waals surface area contributed by atoms with E-state index in [0.717, 1.165) is 0 Å². The minimum Gasteiger partial charge on any atom is -0.506 e. The predicted octanol–water partition coefficient (Wildman–Crippen LogP) is 2.87. The first kappa shape index (κ1) is 13.6. The van der Waals surface area contributed by atoms with Crippen LogP contribution in [-0.2, 0) is 0 Å². The zero-order valence-electron chi connectivity index (χ0n) is 11.4. The number of hydrogen-bond donors (Lipinski definition) is 2. The Hall–Kier alpha value is -3.39. The Labute approximate surface area is 125 Å². The fourth-order valence-corrected chi connectivity index (χ4v) is 2.16. The van der Waals surface area contributed by atoms with Crippen molar-refractivity contribution in [3.05, 3.63) is 76.3 Å². The van der Waals surface area contributed by atoms with Gasteiger partial charge in [-0.25, -0.2) is 4.98 Å². The van der Waals surface area contributed by atoms with Crippen molar-refractivity contribution in [2.45, 2.75) is 0 Å². The van der Waals surface area contributed by atoms with Gasteiger partial charge in [-0.15, -0.1) is 0 Å². The minimum atomic E-state index is -0.353. The van der Waals surface area contributed by atoms with Gasteiger partial charge in [0.2, 0.25) is 0 Å². The molecular formula is C17H11N3O2. The van der Waals surface area contributed by atoms with E-state index in [0.29, 0.717) is 16.5 Å². The van der Waals surface area contributed by atoms with Gasteiger partial charge in [0.15, 0.2) is 5.82 Å². The molecule has 0 bridgehead atoms. The topological polar surface area (TPSA) is 89.8 Å². The molecule has 0 fully saturated rings. The largest absolute Gasteiger partial charge is 0.506 e. The Kier molecular flexibility index (Phi) is 3.42. The molecule has 0 spiro atoms. The van der Waals surface area contributed by atoms with Gasteiger partial charge in [-0.3, -0.25) is 4.79 Å². The summed E-state index contributed by atoms with van der Waals surface area (Å²) in [6, 6.07) is 17.4. The third-order valence-electron chi connectivity index (χ3n) is 3.25. The summed E-state index contributed by atoms with van der Waals surface area (Å²) in [6.45, 7) is 0. The van der Waals surface area contributed by atoms with E-state index in [2.05, 4.69) is 9.97 Å². The summed E-state index contributed by atoms with van der Waals surface area (Å²) in [4.78, 5) is 18.9. The number of aromatic amines is 1. The summed E-state index contributed by atoms with van der Waals surface area (Å²) in [7, 11) is 0. The van der Waals surface area contributed by atoms with Gasteiger partial charge in [0.05, 0.1) is 10.9 Å². The fraction of sp³-hybridized carbons (Fsp3) is 0. The standard InChI is InChI=1S/C17H11N3O2/c18-10-13(15(21)11-6-2-1-3-7-11)16-19-14-9-5-4-8-12(14)17(22)20-16/h1-9,21H,(H,19,20,22)/b15-13-. The van der Waals surface area contributed by atoms with E-state index in [1.807, 2.05) is 6.07 Å². The molecule has 0 radical (unpaired) electrons. The van der Waals surface area contributed by atoms with E-state index in [9.17, 15) is 15.2 Å². The van der Waals surface area contributed by atoms with Crippen molar-refractivity contribution >= 4 is 22.2 Å². The van der Waals surface area contributed by atoms with E-state index in [1.54, 1.807) is 54.6 Å². The maximum Gasteiger partial charge on any atom is 0.259 e. The zero-order valence-corrected chi connectivity index (χ0v) is 11.4. The van der Waals surface area contributed by atoms with Gasteiger partial charge in [0.25, 0.3) is 5.56 Å². The van der Waals surface area contributed by atoms with Gasteiger partial charge < -0.3 is 10.1 Å². The number of H-pyrrole nitrogens is 1. The number of aliphatic hydroxyl groups is 1. The fourth-order valence-electron chi connectivity index (χ4n) is 2.16. The highest BCUT2D eigenvalue weighted by atomic mass is 16.3. The highest BCUT2D eigenvalue weighted by molar-refractivity contribution is 5.93. The number of hydrogen-bond acceptors (Lipinski definition) is 4. The average molecular weight is 289 g/mol. The average Bonchev–Trinajstić information content (AvgIpc) is 2.56. The van der Waals surface area contributed by atoms with E-state index in [4.69, 9.17) is 0 Å². The van der Waals surface area contributed by atoms with Gasteiger partial charge in [-0.05, 0) is 12.1 Å². The van der Waals surface area contributed by atoms with Crippen LogP contribution in [0.5, 0.6) is 0 Å². The number of rotatable bonds is 2. The third kappa shape index (κ3) is 2.34. The van der Waals surface area contributed by atoms with Crippen LogP contribution in [0.4, 0.5) is 0 Å². The van der Waals surface area contributed by atoms with Crippen LogP contribution >= 0.6 is 0 Å². The Balaban J connectivity index is 2.25. The Morgan fingerprint density at radius 2 is 1.77 bits per heavy atom. The van der Waals surface area contributed by atoms with Crippen molar-refractivity contribution < 1.29 is 5.11 Å². The molecule has 3 rings (SSSR count). The molecule has 2 aromatic carbocycles. The molecular weight excluding hydrogens is 278 g/mol. The number of nitrogens with zero attached hydrogens (tertiary/aromatic N) is 2. The number of fused-ring (bicyclic) bond motifs is 1. The molecule has 22 heavy (non-hydrogen) atoms. The van der Waals surface area contributed by atoms with Gasteiger partial charge >= 0.3 is 0 Å². The van der Waals surface area contributed by atoms with Crippen molar-refractivity contribution in [2.75, 3.05) is 0 Å². The summed E-state index contributed by atoms with van der Waals surface area (Å²) in [5.41, 5.74) is 0.521. The molecule has 1 aromatic heterocycles. The van der Waals surface area contributed by atoms with Crippen LogP contribution in [0.3, 0.4) is 0 Å². The van der Waals surface area contributed by atoms with Crippen LogP contribution in [0.2, 0.25) is 0 Å². The van der Waals surface area contributed by atoms with E-state index in [1.165, 1.54) is 0 Å². The maximum atomic E-state index is 12.1. The lowest BCUT2D eigenvalue weighted by Gasteiger charge is -2.05. The predicted molar refractivity (Wildman–Crippen MR) is 83.9 cm³/mol. The molecule has 5 heteroatoms. The number of aliphatic hydroxyl groups excluding tert-OH is 1. The number of nitriles is 1. The van der Waals surface area contributed by atoms with E-state index < -0.39 is 0 Å². The molecule has 106 valence electrons. The number of aromatic nitrogens is 2. The molecule has 2 N–H and O–H groups in total. The van der Waals surface area contributed by atoms with Crippen LogP contribution < -0.4 is 5.56 Å². The Morgan fingerprint density at radius 1 is 1.09 bits per heavy atom. The molecule has 0 unspecified atom stereocenters. The summed E-state index contributed by atoms with van der Waals surface area (Å²) >= 11 is 0.